The summed E-state index contributed by atoms with van der Waals surface area (Å²) in [4.78, 5) is 22.3. The van der Waals surface area contributed by atoms with Crippen molar-refractivity contribution in [2.75, 3.05) is 6.54 Å². The van der Waals surface area contributed by atoms with Gasteiger partial charge in [0.15, 0.2) is 5.82 Å². The van der Waals surface area contributed by atoms with Crippen LogP contribution in [0.25, 0.3) is 0 Å². The molecule has 29 heavy (non-hydrogen) atoms. The fourth-order valence-corrected chi connectivity index (χ4v) is 3.69. The van der Waals surface area contributed by atoms with Crippen molar-refractivity contribution < 1.29 is 27.5 Å². The number of alkyl halides is 3. The van der Waals surface area contributed by atoms with Crippen molar-refractivity contribution >= 4 is 5.91 Å². The lowest BCUT2D eigenvalue weighted by atomic mass is 10.0. The standard InChI is InChI=1S/C19H20F4N4O2/c1-10-8-26(16(28)14-6-5-13(20)15(25-14)11-3-4-11)9-12-7-24-17(27(10)12)18(2,29)19(21,22)23/h5-7,10-11,29H,3-4,8-9H2,1-2H3/t10-,18?/m0/s1. The zero-order chi connectivity index (χ0) is 21.1. The number of aromatic nitrogens is 3. The van der Waals surface area contributed by atoms with Gasteiger partial charge < -0.3 is 14.6 Å². The van der Waals surface area contributed by atoms with Gasteiger partial charge in [0.2, 0.25) is 5.60 Å². The molecule has 0 aromatic carbocycles. The molecule has 0 bridgehead atoms. The molecule has 10 heteroatoms. The Hall–Kier alpha value is -2.49. The molecule has 3 heterocycles. The first kappa shape index (κ1) is 19.8. The molecular formula is C19H20F4N4O2. The first-order valence-corrected chi connectivity index (χ1v) is 9.32. The molecule has 1 aliphatic carbocycles. The molecule has 0 radical (unpaired) electrons. The Labute approximate surface area is 164 Å². The third-order valence-electron chi connectivity index (χ3n) is 5.48. The number of aliphatic hydroxyl groups is 1. The lowest BCUT2D eigenvalue weighted by Gasteiger charge is -2.36. The van der Waals surface area contributed by atoms with Gasteiger partial charge in [0, 0.05) is 12.5 Å². The number of carbonyl (C=O) groups excluding carboxylic acids is 1. The second kappa shape index (κ2) is 6.51. The molecule has 1 amide bonds. The summed E-state index contributed by atoms with van der Waals surface area (Å²) in [5.74, 6) is -1.32. The van der Waals surface area contributed by atoms with E-state index in [1.54, 1.807) is 6.92 Å². The van der Waals surface area contributed by atoms with Gasteiger partial charge >= 0.3 is 6.18 Å². The Morgan fingerprint density at radius 3 is 2.59 bits per heavy atom. The minimum absolute atomic E-state index is 0.0158. The summed E-state index contributed by atoms with van der Waals surface area (Å²) >= 11 is 0. The van der Waals surface area contributed by atoms with E-state index in [2.05, 4.69) is 9.97 Å². The Morgan fingerprint density at radius 1 is 1.28 bits per heavy atom. The first-order valence-electron chi connectivity index (χ1n) is 9.32. The van der Waals surface area contributed by atoms with Crippen LogP contribution in [0.2, 0.25) is 0 Å². The van der Waals surface area contributed by atoms with E-state index in [9.17, 15) is 27.5 Å². The summed E-state index contributed by atoms with van der Waals surface area (Å²) in [6.45, 7) is 2.44. The molecular weight excluding hydrogens is 392 g/mol. The van der Waals surface area contributed by atoms with Crippen LogP contribution in [0.4, 0.5) is 17.6 Å². The van der Waals surface area contributed by atoms with Crippen LogP contribution in [-0.4, -0.2) is 43.2 Å². The normalized spacial score (nSPS) is 21.6. The van der Waals surface area contributed by atoms with Crippen LogP contribution in [0.3, 0.4) is 0 Å². The SMILES string of the molecule is C[C@H]1CN(C(=O)c2ccc(F)c(C3CC3)n2)Cc2cnc(C(C)(O)C(F)(F)F)n21. The lowest BCUT2D eigenvalue weighted by Crippen LogP contribution is -2.45. The van der Waals surface area contributed by atoms with Crippen LogP contribution in [0.15, 0.2) is 18.3 Å². The largest absolute Gasteiger partial charge is 0.424 e. The highest BCUT2D eigenvalue weighted by molar-refractivity contribution is 5.92. The van der Waals surface area contributed by atoms with Crippen LogP contribution in [0, 0.1) is 5.82 Å². The van der Waals surface area contributed by atoms with Crippen LogP contribution >= 0.6 is 0 Å². The Kier molecular flexibility index (Phi) is 4.45. The molecule has 1 aliphatic heterocycles. The summed E-state index contributed by atoms with van der Waals surface area (Å²) in [6, 6.07) is 2.00. The van der Waals surface area contributed by atoms with Gasteiger partial charge in [-0.25, -0.2) is 14.4 Å². The van der Waals surface area contributed by atoms with Gasteiger partial charge in [-0.05, 0) is 38.8 Å². The van der Waals surface area contributed by atoms with Crippen LogP contribution in [-0.2, 0) is 12.1 Å². The quantitative estimate of drug-likeness (QED) is 0.786. The molecule has 1 saturated carbocycles. The van der Waals surface area contributed by atoms with E-state index in [1.165, 1.54) is 27.8 Å². The molecule has 1 unspecified atom stereocenters. The maximum Gasteiger partial charge on any atom is 0.424 e. The van der Waals surface area contributed by atoms with E-state index >= 15 is 0 Å². The fourth-order valence-electron chi connectivity index (χ4n) is 3.69. The third-order valence-corrected chi connectivity index (χ3v) is 5.48. The van der Waals surface area contributed by atoms with E-state index in [0.29, 0.717) is 12.6 Å². The van der Waals surface area contributed by atoms with Gasteiger partial charge in [-0.2, -0.15) is 13.2 Å². The summed E-state index contributed by atoms with van der Waals surface area (Å²) in [5, 5.41) is 10.0. The van der Waals surface area contributed by atoms with Gasteiger partial charge in [0.05, 0.1) is 30.2 Å². The molecule has 2 atom stereocenters. The number of fused-ring (bicyclic) bond motifs is 1. The molecule has 2 aromatic heterocycles. The molecule has 1 N–H and O–H groups in total. The molecule has 0 saturated heterocycles. The average molecular weight is 412 g/mol. The molecule has 4 rings (SSSR count). The summed E-state index contributed by atoms with van der Waals surface area (Å²) in [5.41, 5.74) is -2.34. The third kappa shape index (κ3) is 3.29. The maximum absolute atomic E-state index is 13.9. The van der Waals surface area contributed by atoms with E-state index in [0.717, 1.165) is 12.8 Å². The molecule has 1 fully saturated rings. The predicted octanol–water partition coefficient (Wildman–Crippen LogP) is 3.28. The highest BCUT2D eigenvalue weighted by atomic mass is 19.4. The van der Waals surface area contributed by atoms with Crippen molar-refractivity contribution in [2.45, 2.75) is 57.0 Å². The average Bonchev–Trinajstić information content (AvgIpc) is 3.38. The Bertz CT molecular complexity index is 966. The minimum Gasteiger partial charge on any atom is -0.374 e. The van der Waals surface area contributed by atoms with Gasteiger partial charge in [0.1, 0.15) is 11.5 Å². The summed E-state index contributed by atoms with van der Waals surface area (Å²) in [6.07, 6.45) is -1.98. The smallest absolute Gasteiger partial charge is 0.374 e. The number of hydrogen-bond donors (Lipinski definition) is 1. The Morgan fingerprint density at radius 2 is 1.97 bits per heavy atom. The van der Waals surface area contributed by atoms with Crippen molar-refractivity contribution in [3.8, 4) is 0 Å². The summed E-state index contributed by atoms with van der Waals surface area (Å²) in [7, 11) is 0. The topological polar surface area (TPSA) is 71.2 Å². The van der Waals surface area contributed by atoms with Crippen molar-refractivity contribution in [1.82, 2.24) is 19.4 Å². The maximum atomic E-state index is 13.9. The molecule has 6 nitrogen and oxygen atoms in total. The highest BCUT2D eigenvalue weighted by Gasteiger charge is 2.55. The van der Waals surface area contributed by atoms with Crippen molar-refractivity contribution in [3.63, 3.8) is 0 Å². The van der Waals surface area contributed by atoms with E-state index in [-0.39, 0.29) is 30.4 Å². The number of nitrogens with zero attached hydrogens (tertiary/aromatic N) is 4. The molecule has 156 valence electrons. The molecule has 0 spiro atoms. The highest BCUT2D eigenvalue weighted by Crippen LogP contribution is 2.41. The molecule has 2 aromatic rings. The van der Waals surface area contributed by atoms with Gasteiger partial charge in [-0.3, -0.25) is 4.79 Å². The van der Waals surface area contributed by atoms with Crippen molar-refractivity contribution in [3.05, 3.63) is 47.1 Å². The number of rotatable bonds is 3. The van der Waals surface area contributed by atoms with Crippen molar-refractivity contribution in [1.29, 1.82) is 0 Å². The van der Waals surface area contributed by atoms with Crippen LogP contribution < -0.4 is 0 Å². The first-order chi connectivity index (χ1) is 13.5. The minimum atomic E-state index is -4.89. The number of amides is 1. The zero-order valence-electron chi connectivity index (χ0n) is 15.9. The van der Waals surface area contributed by atoms with Gasteiger partial charge in [-0.15, -0.1) is 0 Å². The number of halogens is 4. The molecule has 2 aliphatic rings. The second-order valence-corrected chi connectivity index (χ2v) is 7.89. The monoisotopic (exact) mass is 412 g/mol. The van der Waals surface area contributed by atoms with E-state index < -0.39 is 35.4 Å². The van der Waals surface area contributed by atoms with E-state index in [4.69, 9.17) is 0 Å². The second-order valence-electron chi connectivity index (χ2n) is 7.89. The Balaban J connectivity index is 1.62. The fraction of sp³-hybridized carbons (Fsp3) is 0.526. The number of imidazole rings is 1. The predicted molar refractivity (Wildman–Crippen MR) is 93.5 cm³/mol. The van der Waals surface area contributed by atoms with Crippen LogP contribution in [0.5, 0.6) is 0 Å². The van der Waals surface area contributed by atoms with Gasteiger partial charge in [-0.1, -0.05) is 0 Å². The van der Waals surface area contributed by atoms with Crippen LogP contribution in [0.1, 0.15) is 66.3 Å². The van der Waals surface area contributed by atoms with Gasteiger partial charge in [0.25, 0.3) is 5.91 Å². The van der Waals surface area contributed by atoms with Crippen molar-refractivity contribution in [2.24, 2.45) is 0 Å². The zero-order valence-corrected chi connectivity index (χ0v) is 15.9. The van der Waals surface area contributed by atoms with E-state index in [1.807, 2.05) is 0 Å². The summed E-state index contributed by atoms with van der Waals surface area (Å²) < 4.78 is 55.0. The number of hydrogen-bond acceptors (Lipinski definition) is 4. The number of carbonyl (C=O) groups is 1. The lowest BCUT2D eigenvalue weighted by molar-refractivity contribution is -0.263. The number of pyridine rings is 1.